The Kier molecular flexibility index (Phi) is 5.80. The topological polar surface area (TPSA) is 66.4 Å². The van der Waals surface area contributed by atoms with Crippen molar-refractivity contribution >= 4 is 11.9 Å². The van der Waals surface area contributed by atoms with Gasteiger partial charge in [0.05, 0.1) is 12.0 Å². The van der Waals surface area contributed by atoms with Gasteiger partial charge in [0.2, 0.25) is 5.91 Å². The minimum absolute atomic E-state index is 0.0242. The number of hydrogen-bond acceptors (Lipinski definition) is 2. The molecule has 1 amide bonds. The summed E-state index contributed by atoms with van der Waals surface area (Å²) in [6, 6.07) is 10.1. The van der Waals surface area contributed by atoms with Crippen molar-refractivity contribution in [1.29, 1.82) is 0 Å². The number of carboxylic acid groups (broad SMARTS) is 1. The Balaban J connectivity index is 2.05. The number of nitrogens with one attached hydrogen (secondary N) is 1. The Morgan fingerprint density at radius 2 is 1.78 bits per heavy atom. The number of rotatable bonds is 7. The molecule has 1 aliphatic rings. The van der Waals surface area contributed by atoms with Gasteiger partial charge in [-0.3, -0.25) is 9.59 Å². The number of carboxylic acids is 1. The average Bonchev–Trinajstić information content (AvgIpc) is 2.92. The van der Waals surface area contributed by atoms with Crippen LogP contribution in [-0.2, 0) is 9.59 Å². The smallest absolute Gasteiger partial charge is 0.305 e. The van der Waals surface area contributed by atoms with E-state index in [1.165, 1.54) is 0 Å². The summed E-state index contributed by atoms with van der Waals surface area (Å²) in [5.74, 6) is -0.368. The first kappa shape index (κ1) is 17.5. The quantitative estimate of drug-likeness (QED) is 0.805. The number of hydrogen-bond donors (Lipinski definition) is 2. The van der Waals surface area contributed by atoms with Crippen LogP contribution in [0.2, 0.25) is 0 Å². The third-order valence-corrected chi connectivity index (χ3v) is 4.89. The van der Waals surface area contributed by atoms with E-state index in [9.17, 15) is 9.59 Å². The second kappa shape index (κ2) is 7.62. The predicted molar refractivity (Wildman–Crippen MR) is 90.2 cm³/mol. The van der Waals surface area contributed by atoms with Crippen LogP contribution in [0, 0.1) is 5.92 Å². The molecule has 0 spiro atoms. The average molecular weight is 317 g/mol. The fraction of sp³-hybridized carbons (Fsp3) is 0.579. The first-order valence-corrected chi connectivity index (χ1v) is 8.50. The third-order valence-electron chi connectivity index (χ3n) is 4.89. The zero-order chi connectivity index (χ0) is 16.9. The van der Waals surface area contributed by atoms with Crippen molar-refractivity contribution in [2.24, 2.45) is 5.92 Å². The Labute approximate surface area is 138 Å². The highest BCUT2D eigenvalue weighted by Crippen LogP contribution is 2.34. The summed E-state index contributed by atoms with van der Waals surface area (Å²) < 4.78 is 0. The second-order valence-corrected chi connectivity index (χ2v) is 7.07. The maximum Gasteiger partial charge on any atom is 0.305 e. The number of carbonyl (C=O) groups excluding carboxylic acids is 1. The molecule has 1 aromatic carbocycles. The fourth-order valence-corrected chi connectivity index (χ4v) is 3.67. The molecule has 0 bridgehead atoms. The lowest BCUT2D eigenvalue weighted by molar-refractivity contribution is -0.139. The van der Waals surface area contributed by atoms with E-state index in [-0.39, 0.29) is 18.2 Å². The van der Waals surface area contributed by atoms with Crippen LogP contribution in [0.4, 0.5) is 0 Å². The van der Waals surface area contributed by atoms with E-state index in [0.29, 0.717) is 12.3 Å². The zero-order valence-electron chi connectivity index (χ0n) is 14.0. The van der Waals surface area contributed by atoms with Crippen LogP contribution in [0.5, 0.6) is 0 Å². The summed E-state index contributed by atoms with van der Waals surface area (Å²) in [6.07, 6.45) is 3.94. The molecule has 0 aromatic heterocycles. The van der Waals surface area contributed by atoms with Crippen LogP contribution in [0.15, 0.2) is 30.3 Å². The van der Waals surface area contributed by atoms with E-state index >= 15 is 0 Å². The van der Waals surface area contributed by atoms with Crippen molar-refractivity contribution in [3.63, 3.8) is 0 Å². The molecular formula is C19H27NO3. The van der Waals surface area contributed by atoms with Gasteiger partial charge in [-0.1, -0.05) is 57.0 Å². The monoisotopic (exact) mass is 317 g/mol. The molecule has 126 valence electrons. The van der Waals surface area contributed by atoms with Gasteiger partial charge in [0.15, 0.2) is 0 Å². The molecule has 23 heavy (non-hydrogen) atoms. The Hall–Kier alpha value is -1.84. The van der Waals surface area contributed by atoms with E-state index in [2.05, 4.69) is 31.3 Å². The molecule has 1 atom stereocenters. The first-order valence-electron chi connectivity index (χ1n) is 8.50. The fourth-order valence-electron chi connectivity index (χ4n) is 3.67. The van der Waals surface area contributed by atoms with Crippen LogP contribution in [-0.4, -0.2) is 22.5 Å². The van der Waals surface area contributed by atoms with Gasteiger partial charge < -0.3 is 10.4 Å². The first-order chi connectivity index (χ1) is 10.9. The normalized spacial score (nSPS) is 17.9. The van der Waals surface area contributed by atoms with Gasteiger partial charge in [0, 0.05) is 6.42 Å². The van der Waals surface area contributed by atoms with Crippen LogP contribution in [0.3, 0.4) is 0 Å². The Morgan fingerprint density at radius 3 is 2.30 bits per heavy atom. The molecule has 4 nitrogen and oxygen atoms in total. The van der Waals surface area contributed by atoms with Crippen LogP contribution < -0.4 is 5.32 Å². The van der Waals surface area contributed by atoms with Gasteiger partial charge in [-0.2, -0.15) is 0 Å². The number of benzene rings is 1. The molecule has 0 saturated heterocycles. The maximum absolute atomic E-state index is 12.6. The Morgan fingerprint density at radius 1 is 1.17 bits per heavy atom. The van der Waals surface area contributed by atoms with Gasteiger partial charge in [-0.05, 0) is 30.2 Å². The third kappa shape index (κ3) is 4.81. The van der Waals surface area contributed by atoms with E-state index in [0.717, 1.165) is 31.2 Å². The molecule has 1 aliphatic carbocycles. The van der Waals surface area contributed by atoms with E-state index in [1.54, 1.807) is 0 Å². The second-order valence-electron chi connectivity index (χ2n) is 7.07. The highest BCUT2D eigenvalue weighted by molar-refractivity contribution is 5.79. The van der Waals surface area contributed by atoms with Gasteiger partial charge in [-0.15, -0.1) is 0 Å². The largest absolute Gasteiger partial charge is 0.481 e. The summed E-state index contributed by atoms with van der Waals surface area (Å²) in [4.78, 5) is 23.7. The standard InChI is InChI=1S/C19H27NO3/c1-14(2)16(15-8-4-3-5-9-15)12-17(21)20-19(13-18(22)23)10-6-7-11-19/h3-5,8-9,14,16H,6-7,10-13H2,1-2H3,(H,20,21)(H,22,23). The molecule has 1 fully saturated rings. The molecule has 1 saturated carbocycles. The molecule has 4 heteroatoms. The lowest BCUT2D eigenvalue weighted by Gasteiger charge is -2.30. The van der Waals surface area contributed by atoms with Crippen LogP contribution >= 0.6 is 0 Å². The lowest BCUT2D eigenvalue weighted by Crippen LogP contribution is -2.48. The highest BCUT2D eigenvalue weighted by atomic mass is 16.4. The maximum atomic E-state index is 12.6. The molecule has 1 unspecified atom stereocenters. The van der Waals surface area contributed by atoms with Gasteiger partial charge >= 0.3 is 5.97 Å². The summed E-state index contributed by atoms with van der Waals surface area (Å²) in [6.45, 7) is 4.24. The van der Waals surface area contributed by atoms with E-state index in [1.807, 2.05) is 18.2 Å². The molecule has 0 radical (unpaired) electrons. The minimum Gasteiger partial charge on any atom is -0.481 e. The summed E-state index contributed by atoms with van der Waals surface area (Å²) in [7, 11) is 0. The van der Waals surface area contributed by atoms with Gasteiger partial charge in [0.25, 0.3) is 0 Å². The van der Waals surface area contributed by atoms with Crippen LogP contribution in [0.25, 0.3) is 0 Å². The zero-order valence-corrected chi connectivity index (χ0v) is 14.0. The molecule has 0 heterocycles. The lowest BCUT2D eigenvalue weighted by atomic mass is 9.85. The van der Waals surface area contributed by atoms with Crippen molar-refractivity contribution in [1.82, 2.24) is 5.32 Å². The molecule has 1 aromatic rings. The number of amides is 1. The summed E-state index contributed by atoms with van der Waals surface area (Å²) in [5, 5.41) is 12.2. The van der Waals surface area contributed by atoms with Crippen molar-refractivity contribution in [3.8, 4) is 0 Å². The van der Waals surface area contributed by atoms with E-state index < -0.39 is 11.5 Å². The van der Waals surface area contributed by atoms with Gasteiger partial charge in [-0.25, -0.2) is 0 Å². The summed E-state index contributed by atoms with van der Waals surface area (Å²) in [5.41, 5.74) is 0.623. The number of aliphatic carboxylic acids is 1. The van der Waals surface area contributed by atoms with Gasteiger partial charge in [0.1, 0.15) is 0 Å². The van der Waals surface area contributed by atoms with Crippen molar-refractivity contribution in [3.05, 3.63) is 35.9 Å². The van der Waals surface area contributed by atoms with Crippen molar-refractivity contribution in [2.75, 3.05) is 0 Å². The van der Waals surface area contributed by atoms with Crippen molar-refractivity contribution in [2.45, 2.75) is 63.8 Å². The molecule has 2 N–H and O–H groups in total. The molecular weight excluding hydrogens is 290 g/mol. The highest BCUT2D eigenvalue weighted by Gasteiger charge is 2.37. The SMILES string of the molecule is CC(C)C(CC(=O)NC1(CC(=O)O)CCCC1)c1ccccc1. The minimum atomic E-state index is -0.837. The summed E-state index contributed by atoms with van der Waals surface area (Å²) >= 11 is 0. The molecule has 0 aliphatic heterocycles. The van der Waals surface area contributed by atoms with Crippen molar-refractivity contribution < 1.29 is 14.7 Å². The molecule has 2 rings (SSSR count). The predicted octanol–water partition coefficient (Wildman–Crippen LogP) is 3.72. The number of carbonyl (C=O) groups is 2. The van der Waals surface area contributed by atoms with E-state index in [4.69, 9.17) is 5.11 Å². The Bertz CT molecular complexity index is 533. The van der Waals surface area contributed by atoms with Crippen LogP contribution in [0.1, 0.15) is 63.9 Å².